The van der Waals surface area contributed by atoms with Crippen molar-refractivity contribution in [1.82, 2.24) is 5.32 Å². The summed E-state index contributed by atoms with van der Waals surface area (Å²) in [5, 5.41) is 3.37. The lowest BCUT2D eigenvalue weighted by Gasteiger charge is -2.13. The zero-order chi connectivity index (χ0) is 10.3. The Bertz CT molecular complexity index is 388. The van der Waals surface area contributed by atoms with E-state index in [0.29, 0.717) is 12.7 Å². The molecule has 15 heavy (non-hydrogen) atoms. The van der Waals surface area contributed by atoms with Crippen LogP contribution in [0.25, 0.3) is 0 Å². The van der Waals surface area contributed by atoms with Crippen molar-refractivity contribution >= 4 is 15.9 Å². The number of benzene rings is 1. The third-order valence-corrected chi connectivity index (χ3v) is 3.68. The van der Waals surface area contributed by atoms with E-state index in [0.717, 1.165) is 29.1 Å². The molecule has 1 atom stereocenters. The fourth-order valence-corrected chi connectivity index (χ4v) is 2.89. The molecule has 0 aromatic heterocycles. The van der Waals surface area contributed by atoms with Gasteiger partial charge in [0.2, 0.25) is 6.79 Å². The van der Waals surface area contributed by atoms with Crippen LogP contribution in [0.4, 0.5) is 0 Å². The molecule has 1 aromatic rings. The highest BCUT2D eigenvalue weighted by Gasteiger charge is 2.27. The zero-order valence-electron chi connectivity index (χ0n) is 8.25. The van der Waals surface area contributed by atoms with E-state index in [9.17, 15) is 0 Å². The first-order valence-corrected chi connectivity index (χ1v) is 5.94. The van der Waals surface area contributed by atoms with E-state index >= 15 is 0 Å². The van der Waals surface area contributed by atoms with Crippen molar-refractivity contribution in [2.24, 2.45) is 0 Å². The lowest BCUT2D eigenvalue weighted by Crippen LogP contribution is -2.08. The Kier molecular flexibility index (Phi) is 2.33. The minimum absolute atomic E-state index is 0.346. The quantitative estimate of drug-likeness (QED) is 0.849. The Hall–Kier alpha value is -0.740. The zero-order valence-corrected chi connectivity index (χ0v) is 9.84. The van der Waals surface area contributed by atoms with E-state index in [1.54, 1.807) is 0 Å². The van der Waals surface area contributed by atoms with Crippen LogP contribution in [-0.4, -0.2) is 19.9 Å². The molecule has 80 valence electrons. The Morgan fingerprint density at radius 3 is 3.07 bits per heavy atom. The molecule has 1 saturated heterocycles. The molecule has 4 heteroatoms. The topological polar surface area (TPSA) is 30.5 Å². The minimum atomic E-state index is 0.346. The number of hydrogen-bond acceptors (Lipinski definition) is 3. The Balaban J connectivity index is 2.08. The summed E-state index contributed by atoms with van der Waals surface area (Å²) in [7, 11) is 0. The van der Waals surface area contributed by atoms with E-state index in [1.165, 1.54) is 12.0 Å². The van der Waals surface area contributed by atoms with Crippen molar-refractivity contribution in [3.63, 3.8) is 0 Å². The highest BCUT2D eigenvalue weighted by molar-refractivity contribution is 9.10. The minimum Gasteiger partial charge on any atom is -0.454 e. The fraction of sp³-hybridized carbons (Fsp3) is 0.455. The van der Waals surface area contributed by atoms with Gasteiger partial charge in [0, 0.05) is 22.5 Å². The van der Waals surface area contributed by atoms with Crippen LogP contribution in [0.5, 0.6) is 11.5 Å². The molecular formula is C11H12BrNO2. The van der Waals surface area contributed by atoms with Gasteiger partial charge in [0.05, 0.1) is 0 Å². The van der Waals surface area contributed by atoms with E-state index in [1.807, 2.05) is 12.1 Å². The van der Waals surface area contributed by atoms with Crippen molar-refractivity contribution in [2.45, 2.75) is 12.3 Å². The molecule has 0 bridgehead atoms. The molecule has 1 N–H and O–H groups in total. The summed E-state index contributed by atoms with van der Waals surface area (Å²) in [6, 6.07) is 4.00. The lowest BCUT2D eigenvalue weighted by molar-refractivity contribution is 0.173. The van der Waals surface area contributed by atoms with Crippen LogP contribution in [0, 0.1) is 0 Å². The highest BCUT2D eigenvalue weighted by atomic mass is 79.9. The summed E-state index contributed by atoms with van der Waals surface area (Å²) in [5.41, 5.74) is 1.26. The van der Waals surface area contributed by atoms with Gasteiger partial charge in [0.25, 0.3) is 0 Å². The SMILES string of the molecule is Brc1ccc2c(c1C1CCNC1)OCO2. The molecule has 3 nitrogen and oxygen atoms in total. The van der Waals surface area contributed by atoms with Crippen molar-refractivity contribution in [3.8, 4) is 11.5 Å². The van der Waals surface area contributed by atoms with Crippen LogP contribution in [0.2, 0.25) is 0 Å². The average molecular weight is 270 g/mol. The number of rotatable bonds is 1. The predicted molar refractivity (Wildman–Crippen MR) is 60.5 cm³/mol. The summed E-state index contributed by atoms with van der Waals surface area (Å²) in [4.78, 5) is 0. The van der Waals surface area contributed by atoms with Gasteiger partial charge in [-0.2, -0.15) is 0 Å². The first-order valence-electron chi connectivity index (χ1n) is 5.15. The molecule has 2 heterocycles. The maximum Gasteiger partial charge on any atom is 0.231 e. The van der Waals surface area contributed by atoms with Gasteiger partial charge in [-0.15, -0.1) is 0 Å². The second kappa shape index (κ2) is 3.68. The van der Waals surface area contributed by atoms with Crippen LogP contribution in [0.15, 0.2) is 16.6 Å². The molecule has 1 aromatic carbocycles. The standard InChI is InChI=1S/C11H12BrNO2/c12-8-1-2-9-11(15-6-14-9)10(8)7-3-4-13-5-7/h1-2,7,13H,3-6H2. The first kappa shape index (κ1) is 9.48. The van der Waals surface area contributed by atoms with Gasteiger partial charge in [-0.25, -0.2) is 0 Å². The van der Waals surface area contributed by atoms with Gasteiger partial charge in [0.15, 0.2) is 11.5 Å². The fourth-order valence-electron chi connectivity index (χ4n) is 2.25. The first-order chi connectivity index (χ1) is 7.36. The molecule has 1 fully saturated rings. The molecule has 1 unspecified atom stereocenters. The van der Waals surface area contributed by atoms with Gasteiger partial charge in [-0.1, -0.05) is 15.9 Å². The summed E-state index contributed by atoms with van der Waals surface area (Å²) in [6.07, 6.45) is 1.17. The van der Waals surface area contributed by atoms with Crippen molar-refractivity contribution in [1.29, 1.82) is 0 Å². The van der Waals surface area contributed by atoms with Crippen LogP contribution in [0.1, 0.15) is 17.9 Å². The third-order valence-electron chi connectivity index (χ3n) is 2.99. The predicted octanol–water partition coefficient (Wildman–Crippen LogP) is 2.25. The maximum atomic E-state index is 5.54. The summed E-state index contributed by atoms with van der Waals surface area (Å²) < 4.78 is 12.1. The summed E-state index contributed by atoms with van der Waals surface area (Å²) >= 11 is 3.60. The third kappa shape index (κ3) is 1.52. The highest BCUT2D eigenvalue weighted by Crippen LogP contribution is 2.44. The molecule has 0 spiro atoms. The second-order valence-electron chi connectivity index (χ2n) is 3.88. The Labute approximate surface area is 96.9 Å². The number of nitrogens with one attached hydrogen (secondary N) is 1. The van der Waals surface area contributed by atoms with Crippen molar-refractivity contribution in [3.05, 3.63) is 22.2 Å². The largest absolute Gasteiger partial charge is 0.454 e. The van der Waals surface area contributed by atoms with E-state index in [2.05, 4.69) is 21.2 Å². The van der Waals surface area contributed by atoms with Gasteiger partial charge in [-0.3, -0.25) is 0 Å². The number of halogens is 1. The van der Waals surface area contributed by atoms with Gasteiger partial charge < -0.3 is 14.8 Å². The summed E-state index contributed by atoms with van der Waals surface area (Å²) in [5.74, 6) is 2.34. The summed E-state index contributed by atoms with van der Waals surface area (Å²) in [6.45, 7) is 2.46. The Morgan fingerprint density at radius 2 is 2.27 bits per heavy atom. The molecule has 0 saturated carbocycles. The van der Waals surface area contributed by atoms with E-state index in [-0.39, 0.29) is 0 Å². The number of hydrogen-bond donors (Lipinski definition) is 1. The molecular weight excluding hydrogens is 258 g/mol. The van der Waals surface area contributed by atoms with Crippen LogP contribution >= 0.6 is 15.9 Å². The van der Waals surface area contributed by atoms with E-state index < -0.39 is 0 Å². The normalized spacial score (nSPS) is 23.4. The molecule has 2 aliphatic heterocycles. The molecule has 2 aliphatic rings. The van der Waals surface area contributed by atoms with Crippen LogP contribution < -0.4 is 14.8 Å². The molecule has 0 aliphatic carbocycles. The monoisotopic (exact) mass is 269 g/mol. The van der Waals surface area contributed by atoms with Crippen molar-refractivity contribution < 1.29 is 9.47 Å². The maximum absolute atomic E-state index is 5.54. The van der Waals surface area contributed by atoms with Crippen LogP contribution in [0.3, 0.4) is 0 Å². The van der Waals surface area contributed by atoms with Crippen molar-refractivity contribution in [2.75, 3.05) is 19.9 Å². The Morgan fingerprint density at radius 1 is 1.33 bits per heavy atom. The average Bonchev–Trinajstić information content (AvgIpc) is 2.85. The number of fused-ring (bicyclic) bond motifs is 1. The van der Waals surface area contributed by atoms with Gasteiger partial charge in [0.1, 0.15) is 0 Å². The molecule has 0 radical (unpaired) electrons. The second-order valence-corrected chi connectivity index (χ2v) is 4.74. The van der Waals surface area contributed by atoms with E-state index in [4.69, 9.17) is 9.47 Å². The lowest BCUT2D eigenvalue weighted by atomic mass is 9.97. The van der Waals surface area contributed by atoms with Gasteiger partial charge >= 0.3 is 0 Å². The number of ether oxygens (including phenoxy) is 2. The van der Waals surface area contributed by atoms with Gasteiger partial charge in [-0.05, 0) is 25.1 Å². The smallest absolute Gasteiger partial charge is 0.231 e. The molecule has 3 rings (SSSR count). The molecule has 0 amide bonds. The van der Waals surface area contributed by atoms with Crippen LogP contribution in [-0.2, 0) is 0 Å².